The summed E-state index contributed by atoms with van der Waals surface area (Å²) >= 11 is 3.42. The van der Waals surface area contributed by atoms with E-state index in [1.54, 1.807) is 36.4 Å². The minimum Gasteiger partial charge on any atom is -0.493 e. The molecule has 0 bridgehead atoms. The van der Waals surface area contributed by atoms with Crippen molar-refractivity contribution in [3.63, 3.8) is 0 Å². The third-order valence-corrected chi connectivity index (χ3v) is 6.19. The summed E-state index contributed by atoms with van der Waals surface area (Å²) in [6.45, 7) is 2.23. The van der Waals surface area contributed by atoms with Crippen LogP contribution in [-0.4, -0.2) is 32.3 Å². The summed E-state index contributed by atoms with van der Waals surface area (Å²) in [4.78, 5) is 24.8. The zero-order valence-corrected chi connectivity index (χ0v) is 23.1. The van der Waals surface area contributed by atoms with Gasteiger partial charge in [-0.25, -0.2) is 10.2 Å². The number of hydrazone groups is 1. The first-order valence-corrected chi connectivity index (χ1v) is 13.3. The standard InChI is InChI=1S/C28H37BrN2O5/c1-4-5-6-7-8-9-10-11-12-13-27(32)31-30-20-22-18-23(29)15-17-24(22)36-28(33)21-14-16-25(34-2)26(19-21)35-3/h14-20H,4-13H2,1-3H3,(H,31,32)/b30-20+. The molecule has 2 aromatic rings. The molecule has 0 spiro atoms. The second-order valence-corrected chi connectivity index (χ2v) is 9.43. The van der Waals surface area contributed by atoms with Gasteiger partial charge in [0.25, 0.3) is 0 Å². The molecule has 0 aromatic heterocycles. The van der Waals surface area contributed by atoms with Gasteiger partial charge in [0.2, 0.25) is 5.91 Å². The van der Waals surface area contributed by atoms with Crippen molar-refractivity contribution in [2.75, 3.05) is 14.2 Å². The van der Waals surface area contributed by atoms with Crippen LogP contribution >= 0.6 is 15.9 Å². The molecule has 0 unspecified atom stereocenters. The number of rotatable bonds is 16. The van der Waals surface area contributed by atoms with Crippen molar-refractivity contribution in [2.24, 2.45) is 5.10 Å². The van der Waals surface area contributed by atoms with E-state index in [0.29, 0.717) is 34.8 Å². The number of nitrogens with zero attached hydrogens (tertiary/aromatic N) is 1. The van der Waals surface area contributed by atoms with Crippen molar-refractivity contribution in [3.05, 3.63) is 52.0 Å². The molecule has 0 aliphatic rings. The van der Waals surface area contributed by atoms with Gasteiger partial charge in [0.1, 0.15) is 5.75 Å². The van der Waals surface area contributed by atoms with E-state index in [4.69, 9.17) is 14.2 Å². The fourth-order valence-corrected chi connectivity index (χ4v) is 4.04. The van der Waals surface area contributed by atoms with E-state index < -0.39 is 5.97 Å². The van der Waals surface area contributed by atoms with Gasteiger partial charge in [-0.05, 0) is 42.8 Å². The maximum Gasteiger partial charge on any atom is 0.343 e. The molecule has 1 N–H and O–H groups in total. The monoisotopic (exact) mass is 560 g/mol. The normalized spacial score (nSPS) is 10.9. The first kappa shape index (κ1) is 29.4. The van der Waals surface area contributed by atoms with E-state index in [-0.39, 0.29) is 5.91 Å². The van der Waals surface area contributed by atoms with Gasteiger partial charge in [0.15, 0.2) is 11.5 Å². The number of ether oxygens (including phenoxy) is 3. The van der Waals surface area contributed by atoms with Gasteiger partial charge in [0.05, 0.1) is 26.0 Å². The quantitative estimate of drug-likeness (QED) is 0.0780. The molecule has 0 saturated carbocycles. The Kier molecular flexibility index (Phi) is 13.7. The Bertz CT molecular complexity index is 1010. The van der Waals surface area contributed by atoms with Crippen molar-refractivity contribution < 1.29 is 23.8 Å². The van der Waals surface area contributed by atoms with Crippen LogP contribution in [0.1, 0.15) is 87.1 Å². The van der Waals surface area contributed by atoms with Crippen molar-refractivity contribution in [3.8, 4) is 17.2 Å². The molecule has 0 aliphatic carbocycles. The number of carbonyl (C=O) groups is 2. The number of unbranched alkanes of at least 4 members (excludes halogenated alkanes) is 8. The lowest BCUT2D eigenvalue weighted by molar-refractivity contribution is -0.121. The highest BCUT2D eigenvalue weighted by atomic mass is 79.9. The summed E-state index contributed by atoms with van der Waals surface area (Å²) in [6, 6.07) is 9.98. The van der Waals surface area contributed by atoms with Crippen LogP contribution in [0.25, 0.3) is 0 Å². The predicted octanol–water partition coefficient (Wildman–Crippen LogP) is 7.06. The van der Waals surface area contributed by atoms with Crippen molar-refractivity contribution >= 4 is 34.0 Å². The van der Waals surface area contributed by atoms with Crippen molar-refractivity contribution in [1.82, 2.24) is 5.43 Å². The van der Waals surface area contributed by atoms with E-state index in [2.05, 4.69) is 33.4 Å². The minimum absolute atomic E-state index is 0.131. The molecular weight excluding hydrogens is 524 g/mol. The Labute approximate surface area is 222 Å². The van der Waals surface area contributed by atoms with E-state index in [1.165, 1.54) is 59.0 Å². The number of halogens is 1. The number of nitrogens with one attached hydrogen (secondary N) is 1. The van der Waals surface area contributed by atoms with Gasteiger partial charge in [-0.2, -0.15) is 5.10 Å². The highest BCUT2D eigenvalue weighted by molar-refractivity contribution is 9.10. The fourth-order valence-electron chi connectivity index (χ4n) is 3.66. The summed E-state index contributed by atoms with van der Waals surface area (Å²) < 4.78 is 16.8. The Hall–Kier alpha value is -2.87. The fraction of sp³-hybridized carbons (Fsp3) is 0.464. The number of hydrogen-bond acceptors (Lipinski definition) is 6. The molecule has 8 heteroatoms. The highest BCUT2D eigenvalue weighted by Gasteiger charge is 2.15. The molecule has 7 nitrogen and oxygen atoms in total. The lowest BCUT2D eigenvalue weighted by Gasteiger charge is -2.11. The maximum absolute atomic E-state index is 12.7. The van der Waals surface area contributed by atoms with Crippen LogP contribution in [0, 0.1) is 0 Å². The minimum atomic E-state index is -0.553. The van der Waals surface area contributed by atoms with Gasteiger partial charge in [-0.3, -0.25) is 4.79 Å². The Morgan fingerprint density at radius 2 is 1.50 bits per heavy atom. The molecular formula is C28H37BrN2O5. The molecule has 196 valence electrons. The van der Waals surface area contributed by atoms with Crippen LogP contribution in [0.2, 0.25) is 0 Å². The van der Waals surface area contributed by atoms with E-state index in [9.17, 15) is 9.59 Å². The molecule has 0 radical (unpaired) electrons. The molecule has 2 aromatic carbocycles. The second kappa shape index (κ2) is 16.7. The molecule has 1 amide bonds. The number of benzene rings is 2. The Balaban J connectivity index is 1.85. The molecule has 2 rings (SSSR count). The molecule has 36 heavy (non-hydrogen) atoms. The number of hydrogen-bond donors (Lipinski definition) is 1. The van der Waals surface area contributed by atoms with E-state index in [0.717, 1.165) is 23.7 Å². The predicted molar refractivity (Wildman–Crippen MR) is 146 cm³/mol. The van der Waals surface area contributed by atoms with Gasteiger partial charge in [-0.15, -0.1) is 0 Å². The average molecular weight is 562 g/mol. The Morgan fingerprint density at radius 1 is 0.861 bits per heavy atom. The van der Waals surface area contributed by atoms with Crippen LogP contribution in [0.4, 0.5) is 0 Å². The van der Waals surface area contributed by atoms with Gasteiger partial charge < -0.3 is 14.2 Å². The third kappa shape index (κ3) is 10.4. The topological polar surface area (TPSA) is 86.2 Å². The van der Waals surface area contributed by atoms with E-state index >= 15 is 0 Å². The van der Waals surface area contributed by atoms with Crippen LogP contribution in [-0.2, 0) is 4.79 Å². The van der Waals surface area contributed by atoms with Crippen LogP contribution in [0.3, 0.4) is 0 Å². The van der Waals surface area contributed by atoms with Crippen LogP contribution < -0.4 is 19.6 Å². The zero-order chi connectivity index (χ0) is 26.2. The smallest absolute Gasteiger partial charge is 0.343 e. The molecule has 0 aliphatic heterocycles. The summed E-state index contributed by atoms with van der Waals surface area (Å²) in [6.07, 6.45) is 12.7. The summed E-state index contributed by atoms with van der Waals surface area (Å²) in [5.41, 5.74) is 3.42. The zero-order valence-electron chi connectivity index (χ0n) is 21.5. The molecule has 0 heterocycles. The SMILES string of the molecule is CCCCCCCCCCCC(=O)N/N=C/c1cc(Br)ccc1OC(=O)c1ccc(OC)c(OC)c1. The molecule has 0 fully saturated rings. The number of esters is 1. The number of carbonyl (C=O) groups excluding carboxylic acids is 2. The van der Waals surface area contributed by atoms with Crippen molar-refractivity contribution in [2.45, 2.75) is 71.1 Å². The van der Waals surface area contributed by atoms with Gasteiger partial charge >= 0.3 is 5.97 Å². The van der Waals surface area contributed by atoms with Gasteiger partial charge in [-0.1, -0.05) is 74.2 Å². The van der Waals surface area contributed by atoms with Crippen LogP contribution in [0.15, 0.2) is 46.0 Å². The number of methoxy groups -OCH3 is 2. The van der Waals surface area contributed by atoms with Crippen molar-refractivity contribution in [1.29, 1.82) is 0 Å². The lowest BCUT2D eigenvalue weighted by atomic mass is 10.1. The molecule has 0 saturated heterocycles. The summed E-state index contributed by atoms with van der Waals surface area (Å²) in [5.74, 6) is 0.577. The Morgan fingerprint density at radius 3 is 2.17 bits per heavy atom. The third-order valence-electron chi connectivity index (χ3n) is 5.69. The first-order chi connectivity index (χ1) is 17.5. The number of amides is 1. The summed E-state index contributed by atoms with van der Waals surface area (Å²) in [5, 5.41) is 4.06. The summed E-state index contributed by atoms with van der Waals surface area (Å²) in [7, 11) is 3.03. The largest absolute Gasteiger partial charge is 0.493 e. The molecule has 0 atom stereocenters. The highest BCUT2D eigenvalue weighted by Crippen LogP contribution is 2.29. The van der Waals surface area contributed by atoms with E-state index in [1.807, 2.05) is 0 Å². The van der Waals surface area contributed by atoms with Gasteiger partial charge in [0, 0.05) is 16.5 Å². The maximum atomic E-state index is 12.7. The lowest BCUT2D eigenvalue weighted by Crippen LogP contribution is -2.17. The van der Waals surface area contributed by atoms with Crippen LogP contribution in [0.5, 0.6) is 17.2 Å². The second-order valence-electron chi connectivity index (χ2n) is 8.51. The average Bonchev–Trinajstić information content (AvgIpc) is 2.88. The first-order valence-electron chi connectivity index (χ1n) is 12.5.